The van der Waals surface area contributed by atoms with Gasteiger partial charge in [0.2, 0.25) is 5.91 Å². The van der Waals surface area contributed by atoms with Crippen LogP contribution in [0.2, 0.25) is 0 Å². The second kappa shape index (κ2) is 6.29. The number of nitrogens with zero attached hydrogens (tertiary/aromatic N) is 2. The Morgan fingerprint density at radius 1 is 1.67 bits per heavy atom. The van der Waals surface area contributed by atoms with E-state index in [0.29, 0.717) is 12.5 Å². The summed E-state index contributed by atoms with van der Waals surface area (Å²) in [5, 5.41) is 6.01. The lowest BCUT2D eigenvalue weighted by Crippen LogP contribution is -2.40. The second-order valence-electron chi connectivity index (χ2n) is 4.76. The molecule has 0 saturated carbocycles. The number of likely N-dealkylation sites (N-methyl/N-ethyl adjacent to an activating group) is 1. The predicted octanol–water partition coefficient (Wildman–Crippen LogP) is 1.59. The fourth-order valence-corrected chi connectivity index (χ4v) is 3.10. The number of aromatic nitrogens is 1. The van der Waals surface area contributed by atoms with Crippen LogP contribution in [0, 0.1) is 6.92 Å². The summed E-state index contributed by atoms with van der Waals surface area (Å²) in [5.41, 5.74) is 0.883. The number of hydrogen-bond donors (Lipinski definition) is 1. The third kappa shape index (κ3) is 3.53. The van der Waals surface area contributed by atoms with Crippen LogP contribution in [0.5, 0.6) is 0 Å². The third-order valence-corrected chi connectivity index (χ3v) is 4.27. The molecule has 18 heavy (non-hydrogen) atoms. The smallest absolute Gasteiger partial charge is 0.226 e. The topological polar surface area (TPSA) is 45.2 Å². The van der Waals surface area contributed by atoms with Crippen molar-refractivity contribution in [2.24, 2.45) is 0 Å². The van der Waals surface area contributed by atoms with E-state index < -0.39 is 0 Å². The maximum absolute atomic E-state index is 11.8. The molecule has 0 unspecified atom stereocenters. The minimum Gasteiger partial charge on any atom is -0.354 e. The number of thiazole rings is 1. The lowest BCUT2D eigenvalue weighted by Gasteiger charge is -2.22. The molecule has 0 aliphatic carbocycles. The fraction of sp³-hybridized carbons (Fsp3) is 0.692. The zero-order valence-electron chi connectivity index (χ0n) is 11.1. The lowest BCUT2D eigenvalue weighted by atomic mass is 10.2. The van der Waals surface area contributed by atoms with E-state index in [2.05, 4.69) is 22.1 Å². The van der Waals surface area contributed by atoms with Crippen molar-refractivity contribution < 1.29 is 4.79 Å². The van der Waals surface area contributed by atoms with Crippen molar-refractivity contribution in [1.82, 2.24) is 15.2 Å². The number of carbonyl (C=O) groups is 1. The molecule has 1 amide bonds. The van der Waals surface area contributed by atoms with Crippen molar-refractivity contribution in [3.63, 3.8) is 0 Å². The Balaban J connectivity index is 1.74. The average Bonchev–Trinajstić information content (AvgIpc) is 2.95. The van der Waals surface area contributed by atoms with E-state index in [1.807, 2.05) is 12.3 Å². The van der Waals surface area contributed by atoms with Crippen molar-refractivity contribution in [3.05, 3.63) is 16.1 Å². The first-order valence-corrected chi connectivity index (χ1v) is 7.48. The zero-order valence-corrected chi connectivity index (χ0v) is 11.9. The normalized spacial score (nSPS) is 20.2. The molecule has 5 heteroatoms. The summed E-state index contributed by atoms with van der Waals surface area (Å²) < 4.78 is 0. The van der Waals surface area contributed by atoms with E-state index in [1.54, 1.807) is 11.3 Å². The average molecular weight is 267 g/mol. The largest absolute Gasteiger partial charge is 0.354 e. The first-order chi connectivity index (χ1) is 8.69. The summed E-state index contributed by atoms with van der Waals surface area (Å²) in [7, 11) is 0. The van der Waals surface area contributed by atoms with Gasteiger partial charge in [-0.3, -0.25) is 9.69 Å². The Morgan fingerprint density at radius 3 is 3.17 bits per heavy atom. The highest BCUT2D eigenvalue weighted by Gasteiger charge is 2.23. The van der Waals surface area contributed by atoms with Crippen LogP contribution in [0.4, 0.5) is 0 Å². The molecule has 0 aromatic carbocycles. The van der Waals surface area contributed by atoms with Crippen molar-refractivity contribution >= 4 is 17.2 Å². The summed E-state index contributed by atoms with van der Waals surface area (Å²) >= 11 is 1.59. The van der Waals surface area contributed by atoms with E-state index in [1.165, 1.54) is 19.4 Å². The van der Waals surface area contributed by atoms with Gasteiger partial charge in [0, 0.05) is 18.0 Å². The van der Waals surface area contributed by atoms with Crippen molar-refractivity contribution in [1.29, 1.82) is 0 Å². The van der Waals surface area contributed by atoms with Gasteiger partial charge in [-0.2, -0.15) is 0 Å². The van der Waals surface area contributed by atoms with E-state index >= 15 is 0 Å². The molecule has 4 nitrogen and oxygen atoms in total. The first kappa shape index (κ1) is 13.5. The minimum absolute atomic E-state index is 0.0863. The summed E-state index contributed by atoms with van der Waals surface area (Å²) in [6, 6.07) is 0.524. The van der Waals surface area contributed by atoms with Crippen molar-refractivity contribution in [2.75, 3.05) is 19.6 Å². The van der Waals surface area contributed by atoms with Crippen LogP contribution in [0.25, 0.3) is 0 Å². The zero-order chi connectivity index (χ0) is 13.0. The highest BCUT2D eigenvalue weighted by molar-refractivity contribution is 7.09. The molecule has 1 saturated heterocycles. The van der Waals surface area contributed by atoms with Crippen LogP contribution in [0.15, 0.2) is 5.38 Å². The standard InChI is InChI=1S/C13H21N3OS/c1-3-16-6-4-5-12(16)8-14-13(17)7-11-9-18-10(2)15-11/h9,12H,3-8H2,1-2H3,(H,14,17)/t12-/m1/s1. The van der Waals surface area contributed by atoms with Crippen LogP contribution in [0.1, 0.15) is 30.5 Å². The van der Waals surface area contributed by atoms with Crippen LogP contribution < -0.4 is 5.32 Å². The Hall–Kier alpha value is -0.940. The van der Waals surface area contributed by atoms with Gasteiger partial charge in [-0.15, -0.1) is 11.3 Å². The Labute approximate surface area is 112 Å². The molecule has 0 spiro atoms. The number of amides is 1. The molecule has 2 rings (SSSR count). The summed E-state index contributed by atoms with van der Waals surface area (Å²) in [6.45, 7) is 7.16. The molecule has 1 aliphatic heterocycles. The summed E-state index contributed by atoms with van der Waals surface area (Å²) in [4.78, 5) is 18.6. The number of aryl methyl sites for hydroxylation is 1. The number of rotatable bonds is 5. The molecule has 0 bridgehead atoms. The molecule has 1 aromatic rings. The van der Waals surface area contributed by atoms with Crippen LogP contribution in [0.3, 0.4) is 0 Å². The molecule has 100 valence electrons. The molecule has 0 radical (unpaired) electrons. The van der Waals surface area contributed by atoms with Gasteiger partial charge < -0.3 is 5.32 Å². The molecular formula is C13H21N3OS. The lowest BCUT2D eigenvalue weighted by molar-refractivity contribution is -0.120. The van der Waals surface area contributed by atoms with E-state index in [4.69, 9.17) is 0 Å². The van der Waals surface area contributed by atoms with Gasteiger partial charge >= 0.3 is 0 Å². The molecule has 1 fully saturated rings. The number of nitrogens with one attached hydrogen (secondary N) is 1. The molecule has 1 aromatic heterocycles. The quantitative estimate of drug-likeness (QED) is 0.881. The number of carbonyl (C=O) groups excluding carboxylic acids is 1. The predicted molar refractivity (Wildman–Crippen MR) is 73.8 cm³/mol. The van der Waals surface area contributed by atoms with Gasteiger partial charge in [-0.05, 0) is 32.9 Å². The Kier molecular flexibility index (Phi) is 4.72. The maximum atomic E-state index is 11.8. The monoisotopic (exact) mass is 267 g/mol. The number of likely N-dealkylation sites (tertiary alicyclic amines) is 1. The van der Waals surface area contributed by atoms with Crippen molar-refractivity contribution in [2.45, 2.75) is 39.2 Å². The highest BCUT2D eigenvalue weighted by Crippen LogP contribution is 2.15. The van der Waals surface area contributed by atoms with Gasteiger partial charge in [0.05, 0.1) is 17.1 Å². The van der Waals surface area contributed by atoms with Crippen molar-refractivity contribution in [3.8, 4) is 0 Å². The van der Waals surface area contributed by atoms with E-state index in [9.17, 15) is 4.79 Å². The second-order valence-corrected chi connectivity index (χ2v) is 5.83. The van der Waals surface area contributed by atoms with Gasteiger partial charge in [0.15, 0.2) is 0 Å². The van der Waals surface area contributed by atoms with Gasteiger partial charge in [0.1, 0.15) is 0 Å². The van der Waals surface area contributed by atoms with Gasteiger partial charge in [-0.25, -0.2) is 4.98 Å². The minimum atomic E-state index is 0.0863. The molecule has 1 aliphatic rings. The van der Waals surface area contributed by atoms with Crippen LogP contribution in [-0.2, 0) is 11.2 Å². The fourth-order valence-electron chi connectivity index (χ4n) is 2.49. The SMILES string of the molecule is CCN1CCC[C@@H]1CNC(=O)Cc1csc(C)n1. The molecule has 1 atom stereocenters. The molecule has 2 heterocycles. The number of hydrogen-bond acceptors (Lipinski definition) is 4. The van der Waals surface area contributed by atoms with Gasteiger partial charge in [-0.1, -0.05) is 6.92 Å². The van der Waals surface area contributed by atoms with Crippen LogP contribution >= 0.6 is 11.3 Å². The molecular weight excluding hydrogens is 246 g/mol. The summed E-state index contributed by atoms with van der Waals surface area (Å²) in [6.07, 6.45) is 2.85. The van der Waals surface area contributed by atoms with Gasteiger partial charge in [0.25, 0.3) is 0 Å². The van der Waals surface area contributed by atoms with E-state index in [-0.39, 0.29) is 5.91 Å². The highest BCUT2D eigenvalue weighted by atomic mass is 32.1. The summed E-state index contributed by atoms with van der Waals surface area (Å²) in [5.74, 6) is 0.0863. The first-order valence-electron chi connectivity index (χ1n) is 6.60. The van der Waals surface area contributed by atoms with E-state index in [0.717, 1.165) is 23.8 Å². The Morgan fingerprint density at radius 2 is 2.50 bits per heavy atom. The third-order valence-electron chi connectivity index (χ3n) is 3.45. The Bertz CT molecular complexity index is 405. The maximum Gasteiger partial charge on any atom is 0.226 e. The molecule has 1 N–H and O–H groups in total. The van der Waals surface area contributed by atoms with Crippen LogP contribution in [-0.4, -0.2) is 41.5 Å².